The van der Waals surface area contributed by atoms with E-state index in [2.05, 4.69) is 61.4 Å². The molecular formula is C14H25N3S. The molecule has 0 aliphatic heterocycles. The quantitative estimate of drug-likeness (QED) is 0.822. The summed E-state index contributed by atoms with van der Waals surface area (Å²) < 4.78 is 0. The van der Waals surface area contributed by atoms with Gasteiger partial charge in [0, 0.05) is 24.9 Å². The Bertz CT molecular complexity index is 339. The lowest BCUT2D eigenvalue weighted by molar-refractivity contribution is 0.583. The van der Waals surface area contributed by atoms with Crippen LogP contribution in [-0.4, -0.2) is 36.6 Å². The fourth-order valence-corrected chi connectivity index (χ4v) is 2.59. The van der Waals surface area contributed by atoms with Gasteiger partial charge in [-0.2, -0.15) is 11.8 Å². The molecule has 2 atom stereocenters. The Hall–Kier alpha value is -0.740. The van der Waals surface area contributed by atoms with Crippen LogP contribution in [0.15, 0.2) is 18.3 Å². The molecule has 1 rings (SSSR count). The first-order valence-corrected chi connectivity index (χ1v) is 7.90. The first-order chi connectivity index (χ1) is 8.60. The van der Waals surface area contributed by atoms with Crippen molar-refractivity contribution < 1.29 is 0 Å². The maximum Gasteiger partial charge on any atom is 0.0572 e. The van der Waals surface area contributed by atoms with Crippen molar-refractivity contribution in [3.63, 3.8) is 0 Å². The van der Waals surface area contributed by atoms with Gasteiger partial charge >= 0.3 is 0 Å². The predicted molar refractivity (Wildman–Crippen MR) is 82.6 cm³/mol. The monoisotopic (exact) mass is 267 g/mol. The molecule has 1 aromatic rings. The van der Waals surface area contributed by atoms with E-state index in [-0.39, 0.29) is 0 Å². The summed E-state index contributed by atoms with van der Waals surface area (Å²) in [5.74, 6) is 1.13. The van der Waals surface area contributed by atoms with E-state index in [4.69, 9.17) is 0 Å². The van der Waals surface area contributed by atoms with Crippen molar-refractivity contribution in [1.82, 2.24) is 10.3 Å². The van der Waals surface area contributed by atoms with Crippen LogP contribution in [0.1, 0.15) is 32.5 Å². The van der Waals surface area contributed by atoms with E-state index in [1.165, 1.54) is 5.69 Å². The molecule has 0 spiro atoms. The van der Waals surface area contributed by atoms with E-state index in [1.54, 1.807) is 0 Å². The average molecular weight is 267 g/mol. The van der Waals surface area contributed by atoms with Crippen LogP contribution >= 0.6 is 11.8 Å². The zero-order valence-electron chi connectivity index (χ0n) is 12.1. The summed E-state index contributed by atoms with van der Waals surface area (Å²) in [6, 6.07) is 5.12. The average Bonchev–Trinajstić information content (AvgIpc) is 2.38. The van der Waals surface area contributed by atoms with Gasteiger partial charge in [-0.15, -0.1) is 0 Å². The maximum absolute atomic E-state index is 4.55. The first kappa shape index (κ1) is 15.3. The molecule has 0 aliphatic carbocycles. The third-order valence-electron chi connectivity index (χ3n) is 3.20. The van der Waals surface area contributed by atoms with Gasteiger partial charge in [-0.1, -0.05) is 6.92 Å². The normalized spacial score (nSPS) is 14.3. The molecule has 2 unspecified atom stereocenters. The molecule has 1 N–H and O–H groups in total. The molecular weight excluding hydrogens is 242 g/mol. The summed E-state index contributed by atoms with van der Waals surface area (Å²) in [7, 11) is 2.13. The lowest BCUT2D eigenvalue weighted by Crippen LogP contribution is -2.31. The molecule has 0 aromatic carbocycles. The van der Waals surface area contributed by atoms with Crippen LogP contribution in [-0.2, 0) is 0 Å². The topological polar surface area (TPSA) is 28.2 Å². The van der Waals surface area contributed by atoms with Crippen LogP contribution in [0.3, 0.4) is 0 Å². The second-order valence-electron chi connectivity index (χ2n) is 4.64. The van der Waals surface area contributed by atoms with Crippen LogP contribution in [0.2, 0.25) is 0 Å². The first-order valence-electron chi connectivity index (χ1n) is 6.51. The number of hydrogen-bond acceptors (Lipinski definition) is 4. The van der Waals surface area contributed by atoms with E-state index in [0.29, 0.717) is 12.1 Å². The van der Waals surface area contributed by atoms with Gasteiger partial charge in [0.25, 0.3) is 0 Å². The molecule has 0 fully saturated rings. The molecule has 0 bridgehead atoms. The van der Waals surface area contributed by atoms with Crippen molar-refractivity contribution in [3.8, 4) is 0 Å². The minimum atomic E-state index is 0.318. The molecule has 102 valence electrons. The summed E-state index contributed by atoms with van der Waals surface area (Å²) in [5, 5.41) is 3.37. The van der Waals surface area contributed by atoms with Crippen molar-refractivity contribution >= 4 is 17.4 Å². The van der Waals surface area contributed by atoms with Crippen molar-refractivity contribution in [3.05, 3.63) is 24.0 Å². The van der Waals surface area contributed by atoms with E-state index in [9.17, 15) is 0 Å². The number of nitrogens with zero attached hydrogens (tertiary/aromatic N) is 2. The van der Waals surface area contributed by atoms with E-state index in [0.717, 1.165) is 18.0 Å². The number of pyridine rings is 1. The molecule has 0 radical (unpaired) electrons. The largest absolute Gasteiger partial charge is 0.370 e. The number of hydrogen-bond donors (Lipinski definition) is 1. The SMILES string of the molecule is CCNC(C)c1ccc(N(C)C(C)CSC)cn1. The second kappa shape index (κ2) is 7.64. The molecule has 18 heavy (non-hydrogen) atoms. The van der Waals surface area contributed by atoms with E-state index >= 15 is 0 Å². The van der Waals surface area contributed by atoms with Crippen LogP contribution in [0.25, 0.3) is 0 Å². The number of thioether (sulfide) groups is 1. The predicted octanol–water partition coefficient (Wildman–Crippen LogP) is 2.94. The van der Waals surface area contributed by atoms with E-state index < -0.39 is 0 Å². The molecule has 3 nitrogen and oxygen atoms in total. The summed E-state index contributed by atoms with van der Waals surface area (Å²) in [6.45, 7) is 7.47. The Morgan fingerprint density at radius 3 is 2.61 bits per heavy atom. The van der Waals surface area contributed by atoms with Crippen LogP contribution in [0, 0.1) is 0 Å². The van der Waals surface area contributed by atoms with Gasteiger partial charge in [0.2, 0.25) is 0 Å². The van der Waals surface area contributed by atoms with E-state index in [1.807, 2.05) is 18.0 Å². The number of nitrogens with one attached hydrogen (secondary N) is 1. The van der Waals surface area contributed by atoms with Crippen LogP contribution in [0.5, 0.6) is 0 Å². The summed E-state index contributed by atoms with van der Waals surface area (Å²) in [4.78, 5) is 6.83. The lowest BCUT2D eigenvalue weighted by atomic mass is 10.2. The van der Waals surface area contributed by atoms with Gasteiger partial charge in [0.15, 0.2) is 0 Å². The Morgan fingerprint density at radius 1 is 1.39 bits per heavy atom. The van der Waals surface area contributed by atoms with Gasteiger partial charge in [-0.25, -0.2) is 0 Å². The van der Waals surface area contributed by atoms with Crippen LogP contribution < -0.4 is 10.2 Å². The highest BCUT2D eigenvalue weighted by Gasteiger charge is 2.11. The van der Waals surface area contributed by atoms with Crippen molar-refractivity contribution in [2.45, 2.75) is 32.9 Å². The maximum atomic E-state index is 4.55. The lowest BCUT2D eigenvalue weighted by Gasteiger charge is -2.26. The Balaban J connectivity index is 2.70. The minimum Gasteiger partial charge on any atom is -0.370 e. The molecule has 0 aliphatic rings. The highest BCUT2D eigenvalue weighted by Crippen LogP contribution is 2.18. The van der Waals surface area contributed by atoms with Crippen molar-refractivity contribution in [2.24, 2.45) is 0 Å². The third kappa shape index (κ3) is 4.18. The molecule has 0 saturated heterocycles. The Kier molecular flexibility index (Phi) is 6.50. The minimum absolute atomic E-state index is 0.318. The zero-order chi connectivity index (χ0) is 13.5. The van der Waals surface area contributed by atoms with Gasteiger partial charge < -0.3 is 10.2 Å². The number of aromatic nitrogens is 1. The number of rotatable bonds is 7. The molecule has 4 heteroatoms. The van der Waals surface area contributed by atoms with Gasteiger partial charge in [-0.3, -0.25) is 4.98 Å². The third-order valence-corrected chi connectivity index (χ3v) is 4.02. The number of anilines is 1. The van der Waals surface area contributed by atoms with Crippen molar-refractivity contribution in [1.29, 1.82) is 0 Å². The fraction of sp³-hybridized carbons (Fsp3) is 0.643. The molecule has 0 saturated carbocycles. The highest BCUT2D eigenvalue weighted by molar-refractivity contribution is 7.98. The van der Waals surface area contributed by atoms with Crippen LogP contribution in [0.4, 0.5) is 5.69 Å². The summed E-state index contributed by atoms with van der Waals surface area (Å²) >= 11 is 1.88. The second-order valence-corrected chi connectivity index (χ2v) is 5.55. The standard InChI is InChI=1S/C14H25N3S/c1-6-15-12(3)14-8-7-13(9-16-14)17(4)11(2)10-18-5/h7-9,11-12,15H,6,10H2,1-5H3. The fourth-order valence-electron chi connectivity index (χ4n) is 1.88. The molecule has 1 aromatic heterocycles. The summed E-state index contributed by atoms with van der Waals surface area (Å²) in [6.07, 6.45) is 4.11. The summed E-state index contributed by atoms with van der Waals surface area (Å²) in [5.41, 5.74) is 2.29. The van der Waals surface area contributed by atoms with Gasteiger partial charge in [0.1, 0.15) is 0 Å². The molecule has 1 heterocycles. The van der Waals surface area contributed by atoms with Gasteiger partial charge in [0.05, 0.1) is 17.6 Å². The smallest absolute Gasteiger partial charge is 0.0572 e. The Morgan fingerprint density at radius 2 is 2.11 bits per heavy atom. The Labute approximate surface area is 115 Å². The van der Waals surface area contributed by atoms with Gasteiger partial charge in [-0.05, 0) is 38.8 Å². The zero-order valence-corrected chi connectivity index (χ0v) is 12.9. The highest BCUT2D eigenvalue weighted by atomic mass is 32.2. The van der Waals surface area contributed by atoms with Crippen molar-refractivity contribution in [2.75, 3.05) is 30.5 Å². The molecule has 0 amide bonds.